The van der Waals surface area contributed by atoms with Crippen molar-refractivity contribution in [2.75, 3.05) is 19.6 Å². The van der Waals surface area contributed by atoms with E-state index in [1.165, 1.54) is 0 Å². The summed E-state index contributed by atoms with van der Waals surface area (Å²) in [6, 6.07) is 0. The van der Waals surface area contributed by atoms with E-state index in [9.17, 15) is 4.79 Å². The predicted molar refractivity (Wildman–Crippen MR) is 26.4 cm³/mol. The number of hydrogen-bond acceptors (Lipinski definition) is 3. The molecule has 4 nitrogen and oxygen atoms in total. The largest absolute Gasteiger partial charge is 0.306 e. The minimum atomic E-state index is -0.253. The fourth-order valence-electron chi connectivity index (χ4n) is 0.596. The lowest BCUT2D eigenvalue weighted by molar-refractivity contribution is -0.167. The number of nitrogens with zero attached hydrogens (tertiary/aromatic N) is 1. The molecule has 0 unspecified atom stereocenters. The van der Waals surface area contributed by atoms with Gasteiger partial charge in [-0.05, 0) is 0 Å². The lowest BCUT2D eigenvalue weighted by Gasteiger charge is -2.19. The third-order valence-electron chi connectivity index (χ3n) is 1.06. The van der Waals surface area contributed by atoms with Crippen LogP contribution in [0.4, 0.5) is 0 Å². The van der Waals surface area contributed by atoms with Crippen LogP contribution in [-0.2, 0) is 4.79 Å². The maximum atomic E-state index is 10.4. The van der Waals surface area contributed by atoms with Gasteiger partial charge in [0.1, 0.15) is 0 Å². The number of rotatable bonds is 0. The summed E-state index contributed by atoms with van der Waals surface area (Å²) in [4.78, 5) is 10.4. The zero-order valence-corrected chi connectivity index (χ0v) is 4.42. The molecule has 2 N–H and O–H groups in total. The molecular weight excluding hydrogens is 108 g/mol. The van der Waals surface area contributed by atoms with Crippen LogP contribution < -0.4 is 5.32 Å². The van der Waals surface area contributed by atoms with Gasteiger partial charge >= 0.3 is 0 Å². The van der Waals surface area contributed by atoms with Crippen LogP contribution in [0.25, 0.3) is 0 Å². The second-order valence-corrected chi connectivity index (χ2v) is 1.69. The molecule has 46 valence electrons. The summed E-state index contributed by atoms with van der Waals surface area (Å²) >= 11 is 0. The van der Waals surface area contributed by atoms with Gasteiger partial charge in [0.05, 0.1) is 13.1 Å². The van der Waals surface area contributed by atoms with E-state index in [1.54, 1.807) is 0 Å². The van der Waals surface area contributed by atoms with Gasteiger partial charge in [-0.3, -0.25) is 10.0 Å². The molecule has 1 fully saturated rings. The highest BCUT2D eigenvalue weighted by atomic mass is 16.5. The molecule has 0 saturated carbocycles. The minimum Gasteiger partial charge on any atom is -0.306 e. The predicted octanol–water partition coefficient (Wildman–Crippen LogP) is -1.19. The van der Waals surface area contributed by atoms with Crippen molar-refractivity contribution in [2.45, 2.75) is 0 Å². The zero-order chi connectivity index (χ0) is 5.98. The lowest BCUT2D eigenvalue weighted by atomic mass is 10.4. The topological polar surface area (TPSA) is 52.6 Å². The second-order valence-electron chi connectivity index (χ2n) is 1.69. The first-order valence-electron chi connectivity index (χ1n) is 2.50. The van der Waals surface area contributed by atoms with E-state index in [4.69, 9.17) is 5.21 Å². The summed E-state index contributed by atoms with van der Waals surface area (Å²) < 4.78 is 0. The molecule has 1 amide bonds. The number of carbonyl (C=O) groups excluding carboxylic acids is 1. The smallest absolute Gasteiger partial charge is 0.259 e. The first-order chi connectivity index (χ1) is 3.80. The Morgan fingerprint density at radius 1 is 1.75 bits per heavy atom. The van der Waals surface area contributed by atoms with Crippen molar-refractivity contribution in [3.05, 3.63) is 0 Å². The standard InChI is InChI=1S/C4H8N2O2/c7-4-3-5-1-2-6(4)8/h5,8H,1-3H2. The number of piperazine rings is 1. The molecule has 0 aromatic rings. The normalized spacial score (nSPS) is 21.6. The summed E-state index contributed by atoms with van der Waals surface area (Å²) in [6.45, 7) is 1.34. The Labute approximate surface area is 47.0 Å². The molecule has 0 spiro atoms. The number of amides is 1. The molecule has 0 aromatic carbocycles. The Hall–Kier alpha value is -0.610. The number of nitrogens with one attached hydrogen (secondary N) is 1. The van der Waals surface area contributed by atoms with Gasteiger partial charge in [-0.25, -0.2) is 5.06 Å². The van der Waals surface area contributed by atoms with Crippen molar-refractivity contribution in [3.8, 4) is 0 Å². The third-order valence-corrected chi connectivity index (χ3v) is 1.06. The van der Waals surface area contributed by atoms with Crippen LogP contribution >= 0.6 is 0 Å². The average molecular weight is 116 g/mol. The average Bonchev–Trinajstić information content (AvgIpc) is 1.77. The fourth-order valence-corrected chi connectivity index (χ4v) is 0.596. The molecule has 8 heavy (non-hydrogen) atoms. The van der Waals surface area contributed by atoms with Crippen molar-refractivity contribution in [2.24, 2.45) is 0 Å². The SMILES string of the molecule is O=C1CNCCN1O. The molecule has 1 saturated heterocycles. The molecule has 1 rings (SSSR count). The van der Waals surface area contributed by atoms with Gasteiger partial charge in [0.2, 0.25) is 0 Å². The Morgan fingerprint density at radius 3 is 2.88 bits per heavy atom. The fraction of sp³-hybridized carbons (Fsp3) is 0.750. The highest BCUT2D eigenvalue weighted by Crippen LogP contribution is 1.85. The van der Waals surface area contributed by atoms with Crippen molar-refractivity contribution in [1.29, 1.82) is 0 Å². The Morgan fingerprint density at radius 2 is 2.50 bits per heavy atom. The molecule has 0 atom stereocenters. The Balaban J connectivity index is 2.39. The van der Waals surface area contributed by atoms with E-state index < -0.39 is 0 Å². The van der Waals surface area contributed by atoms with Crippen LogP contribution in [0.3, 0.4) is 0 Å². The molecule has 1 heterocycles. The van der Waals surface area contributed by atoms with Crippen LogP contribution in [0.1, 0.15) is 0 Å². The quantitative estimate of drug-likeness (QED) is 0.391. The van der Waals surface area contributed by atoms with E-state index >= 15 is 0 Å². The first-order valence-corrected chi connectivity index (χ1v) is 2.50. The van der Waals surface area contributed by atoms with Gasteiger partial charge in [-0.2, -0.15) is 0 Å². The van der Waals surface area contributed by atoms with Gasteiger partial charge in [0, 0.05) is 6.54 Å². The summed E-state index contributed by atoms with van der Waals surface area (Å²) in [7, 11) is 0. The first kappa shape index (κ1) is 5.53. The maximum absolute atomic E-state index is 10.4. The highest BCUT2D eigenvalue weighted by molar-refractivity contribution is 5.77. The summed E-state index contributed by atoms with van der Waals surface area (Å²) in [5, 5.41) is 12.2. The van der Waals surface area contributed by atoms with Gasteiger partial charge in [-0.15, -0.1) is 0 Å². The van der Waals surface area contributed by atoms with E-state index in [1.807, 2.05) is 0 Å². The van der Waals surface area contributed by atoms with Crippen LogP contribution in [-0.4, -0.2) is 35.8 Å². The van der Waals surface area contributed by atoms with Crippen LogP contribution in [0, 0.1) is 0 Å². The van der Waals surface area contributed by atoms with Gasteiger partial charge in [0.25, 0.3) is 5.91 Å². The van der Waals surface area contributed by atoms with Crippen LogP contribution in [0.15, 0.2) is 0 Å². The molecule has 0 radical (unpaired) electrons. The summed E-state index contributed by atoms with van der Waals surface area (Å²) in [6.07, 6.45) is 0. The van der Waals surface area contributed by atoms with E-state index in [0.29, 0.717) is 13.1 Å². The van der Waals surface area contributed by atoms with Crippen molar-refractivity contribution >= 4 is 5.91 Å². The zero-order valence-electron chi connectivity index (χ0n) is 4.42. The van der Waals surface area contributed by atoms with Crippen molar-refractivity contribution in [1.82, 2.24) is 10.4 Å². The summed E-state index contributed by atoms with van der Waals surface area (Å²) in [5.74, 6) is -0.253. The van der Waals surface area contributed by atoms with E-state index in [0.717, 1.165) is 5.06 Å². The Bertz CT molecular complexity index is 104. The van der Waals surface area contributed by atoms with Crippen molar-refractivity contribution < 1.29 is 10.0 Å². The second kappa shape index (κ2) is 2.11. The minimum absolute atomic E-state index is 0.253. The molecule has 0 bridgehead atoms. The van der Waals surface area contributed by atoms with Crippen molar-refractivity contribution in [3.63, 3.8) is 0 Å². The number of carbonyl (C=O) groups is 1. The molecular formula is C4H8N2O2. The molecule has 4 heteroatoms. The van der Waals surface area contributed by atoms with Gasteiger partial charge in [0.15, 0.2) is 0 Å². The monoisotopic (exact) mass is 116 g/mol. The van der Waals surface area contributed by atoms with E-state index in [2.05, 4.69) is 5.32 Å². The molecule has 1 aliphatic rings. The number of hydroxylamine groups is 2. The van der Waals surface area contributed by atoms with Crippen LogP contribution in [0.5, 0.6) is 0 Å². The highest BCUT2D eigenvalue weighted by Gasteiger charge is 2.13. The van der Waals surface area contributed by atoms with Crippen LogP contribution in [0.2, 0.25) is 0 Å². The molecule has 0 aliphatic carbocycles. The van der Waals surface area contributed by atoms with E-state index in [-0.39, 0.29) is 12.5 Å². The van der Waals surface area contributed by atoms with Gasteiger partial charge < -0.3 is 5.32 Å². The summed E-state index contributed by atoms with van der Waals surface area (Å²) in [5.41, 5.74) is 0. The third kappa shape index (κ3) is 0.962. The maximum Gasteiger partial charge on any atom is 0.259 e. The van der Waals surface area contributed by atoms with Gasteiger partial charge in [-0.1, -0.05) is 0 Å². The molecule has 0 aromatic heterocycles. The lowest BCUT2D eigenvalue weighted by Crippen LogP contribution is -2.46. The number of hydrogen-bond donors (Lipinski definition) is 2. The molecule has 1 aliphatic heterocycles. The Kier molecular flexibility index (Phi) is 1.45.